The predicted octanol–water partition coefficient (Wildman–Crippen LogP) is 2.13. The molecule has 1 aromatic rings. The van der Waals surface area contributed by atoms with E-state index in [2.05, 4.69) is 17.1 Å². The average molecular weight is 209 g/mol. The summed E-state index contributed by atoms with van der Waals surface area (Å²) in [5.41, 5.74) is 5.98. The van der Waals surface area contributed by atoms with Crippen molar-refractivity contribution in [2.45, 2.75) is 51.5 Å². The monoisotopic (exact) mass is 209 g/mol. The van der Waals surface area contributed by atoms with Gasteiger partial charge >= 0.3 is 0 Å². The predicted molar refractivity (Wildman–Crippen MR) is 57.1 cm³/mol. The zero-order valence-electron chi connectivity index (χ0n) is 9.49. The molecule has 0 atom stereocenters. The summed E-state index contributed by atoms with van der Waals surface area (Å²) in [5.74, 6) is 2.12. The molecule has 2 rings (SSSR count). The van der Waals surface area contributed by atoms with E-state index in [1.165, 1.54) is 19.3 Å². The highest BCUT2D eigenvalue weighted by Crippen LogP contribution is 2.37. The van der Waals surface area contributed by atoms with Gasteiger partial charge in [-0.25, -0.2) is 0 Å². The van der Waals surface area contributed by atoms with Crippen LogP contribution >= 0.6 is 0 Å². The van der Waals surface area contributed by atoms with Crippen LogP contribution in [0.3, 0.4) is 0 Å². The van der Waals surface area contributed by atoms with Crippen LogP contribution in [0, 0.1) is 12.8 Å². The molecule has 0 saturated heterocycles. The van der Waals surface area contributed by atoms with Crippen LogP contribution in [-0.2, 0) is 5.54 Å². The van der Waals surface area contributed by atoms with Gasteiger partial charge in [0.05, 0.1) is 5.54 Å². The lowest BCUT2D eigenvalue weighted by atomic mass is 9.76. The summed E-state index contributed by atoms with van der Waals surface area (Å²) in [6, 6.07) is 0. The van der Waals surface area contributed by atoms with Crippen molar-refractivity contribution in [3.63, 3.8) is 0 Å². The van der Waals surface area contributed by atoms with Crippen LogP contribution in [0.4, 0.5) is 0 Å². The van der Waals surface area contributed by atoms with Gasteiger partial charge in [0, 0.05) is 6.92 Å². The molecule has 0 spiro atoms. The molecule has 0 unspecified atom stereocenters. The molecule has 0 bridgehead atoms. The molecule has 1 fully saturated rings. The van der Waals surface area contributed by atoms with E-state index in [4.69, 9.17) is 10.3 Å². The number of hydrogen-bond acceptors (Lipinski definition) is 4. The molecule has 1 saturated carbocycles. The Labute approximate surface area is 90.2 Å². The third-order valence-corrected chi connectivity index (χ3v) is 3.55. The first-order chi connectivity index (χ1) is 7.14. The third-order valence-electron chi connectivity index (χ3n) is 3.55. The van der Waals surface area contributed by atoms with Gasteiger partial charge in [0.1, 0.15) is 0 Å². The normalized spacial score (nSPS) is 31.8. The van der Waals surface area contributed by atoms with E-state index >= 15 is 0 Å². The van der Waals surface area contributed by atoms with Gasteiger partial charge in [-0.1, -0.05) is 18.5 Å². The van der Waals surface area contributed by atoms with Crippen LogP contribution in [-0.4, -0.2) is 10.1 Å². The zero-order chi connectivity index (χ0) is 10.9. The Morgan fingerprint density at radius 1 is 1.47 bits per heavy atom. The lowest BCUT2D eigenvalue weighted by Crippen LogP contribution is -2.41. The van der Waals surface area contributed by atoms with Gasteiger partial charge in [-0.05, 0) is 31.6 Å². The number of nitrogens with two attached hydrogens (primary N) is 1. The molecule has 1 aliphatic rings. The Bertz CT molecular complexity index is 326. The third kappa shape index (κ3) is 2.04. The van der Waals surface area contributed by atoms with Crippen molar-refractivity contribution < 1.29 is 4.52 Å². The summed E-state index contributed by atoms with van der Waals surface area (Å²) >= 11 is 0. The van der Waals surface area contributed by atoms with Crippen LogP contribution in [0.1, 0.15) is 50.7 Å². The minimum atomic E-state index is -0.344. The number of rotatable bonds is 2. The summed E-state index contributed by atoms with van der Waals surface area (Å²) < 4.78 is 4.99. The summed E-state index contributed by atoms with van der Waals surface area (Å²) in [5, 5.41) is 3.95. The molecule has 1 aromatic heterocycles. The van der Waals surface area contributed by atoms with E-state index in [0.29, 0.717) is 11.7 Å². The topological polar surface area (TPSA) is 64.9 Å². The van der Waals surface area contributed by atoms with Crippen LogP contribution in [0.2, 0.25) is 0 Å². The fraction of sp³-hybridized carbons (Fsp3) is 0.818. The average Bonchev–Trinajstić information content (AvgIpc) is 2.67. The smallest absolute Gasteiger partial charge is 0.223 e. The maximum absolute atomic E-state index is 6.33. The number of aromatic nitrogens is 2. The minimum absolute atomic E-state index is 0.344. The first-order valence-electron chi connectivity index (χ1n) is 5.74. The highest BCUT2D eigenvalue weighted by molar-refractivity contribution is 5.05. The van der Waals surface area contributed by atoms with Crippen molar-refractivity contribution >= 4 is 0 Å². The molecule has 1 heterocycles. The van der Waals surface area contributed by atoms with Crippen molar-refractivity contribution in [1.29, 1.82) is 0 Å². The number of nitrogens with zero attached hydrogens (tertiary/aromatic N) is 2. The summed E-state index contributed by atoms with van der Waals surface area (Å²) in [4.78, 5) is 4.25. The van der Waals surface area contributed by atoms with Crippen molar-refractivity contribution in [2.24, 2.45) is 11.7 Å². The molecule has 0 amide bonds. The molecular formula is C11H19N3O. The fourth-order valence-electron chi connectivity index (χ4n) is 2.33. The Balaban J connectivity index is 2.09. The largest absolute Gasteiger partial charge is 0.340 e. The van der Waals surface area contributed by atoms with Gasteiger partial charge in [0.15, 0.2) is 5.82 Å². The van der Waals surface area contributed by atoms with Crippen molar-refractivity contribution in [2.75, 3.05) is 0 Å². The van der Waals surface area contributed by atoms with Gasteiger partial charge in [-0.3, -0.25) is 0 Å². The van der Waals surface area contributed by atoms with E-state index in [0.717, 1.165) is 18.8 Å². The molecule has 15 heavy (non-hydrogen) atoms. The first-order valence-corrected chi connectivity index (χ1v) is 5.74. The summed E-state index contributed by atoms with van der Waals surface area (Å²) in [6.45, 7) is 4.05. The Hall–Kier alpha value is -0.900. The molecule has 2 N–H and O–H groups in total. The second kappa shape index (κ2) is 3.93. The van der Waals surface area contributed by atoms with Gasteiger partial charge in [0.2, 0.25) is 5.89 Å². The van der Waals surface area contributed by atoms with E-state index in [9.17, 15) is 0 Å². The first kappa shape index (κ1) is 10.6. The van der Waals surface area contributed by atoms with Gasteiger partial charge < -0.3 is 10.3 Å². The van der Waals surface area contributed by atoms with E-state index in [1.54, 1.807) is 6.92 Å². The van der Waals surface area contributed by atoms with Gasteiger partial charge in [-0.15, -0.1) is 0 Å². The Morgan fingerprint density at radius 2 is 2.13 bits per heavy atom. The second-order valence-corrected chi connectivity index (χ2v) is 4.64. The van der Waals surface area contributed by atoms with E-state index in [-0.39, 0.29) is 5.54 Å². The number of aryl methyl sites for hydroxylation is 1. The Morgan fingerprint density at radius 3 is 2.60 bits per heavy atom. The molecule has 84 valence electrons. The van der Waals surface area contributed by atoms with Crippen molar-refractivity contribution in [3.8, 4) is 0 Å². The van der Waals surface area contributed by atoms with Crippen molar-refractivity contribution in [3.05, 3.63) is 11.7 Å². The van der Waals surface area contributed by atoms with Crippen LogP contribution in [0.25, 0.3) is 0 Å². The highest BCUT2D eigenvalue weighted by atomic mass is 16.5. The van der Waals surface area contributed by atoms with Crippen LogP contribution in [0.15, 0.2) is 4.52 Å². The molecule has 4 nitrogen and oxygen atoms in total. The van der Waals surface area contributed by atoms with E-state index < -0.39 is 0 Å². The quantitative estimate of drug-likeness (QED) is 0.810. The maximum atomic E-state index is 6.33. The molecule has 0 radical (unpaired) electrons. The fourth-order valence-corrected chi connectivity index (χ4v) is 2.33. The Kier molecular flexibility index (Phi) is 2.78. The molecule has 0 aliphatic heterocycles. The SMILES string of the molecule is CCC1CCC(N)(c2noc(C)n2)CC1. The lowest BCUT2D eigenvalue weighted by Gasteiger charge is -2.34. The molecule has 0 aromatic carbocycles. The van der Waals surface area contributed by atoms with Crippen molar-refractivity contribution in [1.82, 2.24) is 10.1 Å². The molecular weight excluding hydrogens is 190 g/mol. The molecule has 1 aliphatic carbocycles. The number of hydrogen-bond donors (Lipinski definition) is 1. The standard InChI is InChI=1S/C11H19N3O/c1-3-9-4-6-11(12,7-5-9)10-13-8(2)15-14-10/h9H,3-7,12H2,1-2H3. The minimum Gasteiger partial charge on any atom is -0.340 e. The maximum Gasteiger partial charge on any atom is 0.223 e. The summed E-state index contributed by atoms with van der Waals surface area (Å²) in [6.07, 6.45) is 5.57. The van der Waals surface area contributed by atoms with Gasteiger partial charge in [0.25, 0.3) is 0 Å². The van der Waals surface area contributed by atoms with Crippen LogP contribution < -0.4 is 5.73 Å². The van der Waals surface area contributed by atoms with E-state index in [1.807, 2.05) is 0 Å². The zero-order valence-corrected chi connectivity index (χ0v) is 9.49. The molecule has 4 heteroatoms. The van der Waals surface area contributed by atoms with Crippen LogP contribution in [0.5, 0.6) is 0 Å². The second-order valence-electron chi connectivity index (χ2n) is 4.64. The van der Waals surface area contributed by atoms with Gasteiger partial charge in [-0.2, -0.15) is 4.98 Å². The highest BCUT2D eigenvalue weighted by Gasteiger charge is 2.36. The summed E-state index contributed by atoms with van der Waals surface area (Å²) in [7, 11) is 0. The lowest BCUT2D eigenvalue weighted by molar-refractivity contribution is 0.216.